The molecule has 3 nitrogen and oxygen atoms in total. The van der Waals surface area contributed by atoms with E-state index < -0.39 is 5.97 Å². The molecule has 0 amide bonds. The van der Waals surface area contributed by atoms with Crippen molar-refractivity contribution in [3.63, 3.8) is 0 Å². The summed E-state index contributed by atoms with van der Waals surface area (Å²) in [4.78, 5) is 13.1. The minimum absolute atomic E-state index is 0.336. The summed E-state index contributed by atoms with van der Waals surface area (Å²) in [6, 6.07) is 0. The third-order valence-electron chi connectivity index (χ3n) is 4.49. The van der Waals surface area contributed by atoms with Crippen LogP contribution in [-0.4, -0.2) is 40.2 Å². The van der Waals surface area contributed by atoms with Gasteiger partial charge in [-0.05, 0) is 25.8 Å². The molecular formula is C18H35NO2S. The number of hydrogen-bond acceptors (Lipinski definition) is 3. The third-order valence-corrected chi connectivity index (χ3v) is 5.82. The molecule has 1 N–H and O–H groups in total. The first kappa shape index (κ1) is 19.8. The highest BCUT2D eigenvalue weighted by Gasteiger charge is 2.23. The van der Waals surface area contributed by atoms with Crippen molar-refractivity contribution in [2.75, 3.05) is 18.8 Å². The Hall–Kier alpha value is -0.220. The van der Waals surface area contributed by atoms with Crippen molar-refractivity contribution in [3.05, 3.63) is 0 Å². The normalized spacial score (nSPS) is 18.9. The smallest absolute Gasteiger partial charge is 0.303 e. The van der Waals surface area contributed by atoms with Crippen LogP contribution in [0.1, 0.15) is 84.0 Å². The average molecular weight is 330 g/mol. The molecule has 0 aromatic carbocycles. The molecule has 0 unspecified atom stereocenters. The predicted octanol–water partition coefficient (Wildman–Crippen LogP) is 5.15. The van der Waals surface area contributed by atoms with Gasteiger partial charge < -0.3 is 5.11 Å². The third kappa shape index (κ3) is 9.73. The Morgan fingerprint density at radius 3 is 2.50 bits per heavy atom. The summed E-state index contributed by atoms with van der Waals surface area (Å²) in [7, 11) is 0. The van der Waals surface area contributed by atoms with Gasteiger partial charge in [0.25, 0.3) is 0 Å². The minimum Gasteiger partial charge on any atom is -0.481 e. The highest BCUT2D eigenvalue weighted by Crippen LogP contribution is 2.28. The van der Waals surface area contributed by atoms with Crippen LogP contribution in [0.15, 0.2) is 0 Å². The Morgan fingerprint density at radius 1 is 1.05 bits per heavy atom. The second kappa shape index (κ2) is 13.2. The van der Waals surface area contributed by atoms with Crippen LogP contribution in [0, 0.1) is 0 Å². The first-order chi connectivity index (χ1) is 10.7. The molecule has 0 radical (unpaired) electrons. The van der Waals surface area contributed by atoms with Crippen LogP contribution in [0.4, 0.5) is 0 Å². The Labute approximate surface area is 141 Å². The fourth-order valence-corrected chi connectivity index (χ4v) is 4.49. The van der Waals surface area contributed by atoms with Crippen LogP contribution in [-0.2, 0) is 4.79 Å². The van der Waals surface area contributed by atoms with Crippen molar-refractivity contribution in [2.45, 2.75) is 89.3 Å². The van der Waals surface area contributed by atoms with Gasteiger partial charge >= 0.3 is 5.97 Å². The molecule has 0 aromatic heterocycles. The minimum atomic E-state index is -0.656. The van der Waals surface area contributed by atoms with E-state index in [-0.39, 0.29) is 0 Å². The second-order valence-corrected chi connectivity index (χ2v) is 7.76. The van der Waals surface area contributed by atoms with E-state index >= 15 is 0 Å². The van der Waals surface area contributed by atoms with E-state index in [0.29, 0.717) is 6.42 Å². The maximum atomic E-state index is 10.5. The van der Waals surface area contributed by atoms with Gasteiger partial charge in [-0.15, -0.1) is 11.8 Å². The van der Waals surface area contributed by atoms with E-state index in [1.807, 2.05) is 0 Å². The van der Waals surface area contributed by atoms with Crippen LogP contribution in [0.3, 0.4) is 0 Å². The molecule has 1 saturated heterocycles. The molecule has 0 aliphatic carbocycles. The molecule has 1 heterocycles. The van der Waals surface area contributed by atoms with Crippen molar-refractivity contribution in [3.8, 4) is 0 Å². The van der Waals surface area contributed by atoms with E-state index in [1.54, 1.807) is 0 Å². The fourth-order valence-electron chi connectivity index (χ4n) is 3.12. The quantitative estimate of drug-likeness (QED) is 0.448. The molecule has 4 heteroatoms. The molecular weight excluding hydrogens is 294 g/mol. The van der Waals surface area contributed by atoms with E-state index in [1.165, 1.54) is 76.6 Å². The maximum absolute atomic E-state index is 10.5. The first-order valence-electron chi connectivity index (χ1n) is 9.31. The highest BCUT2D eigenvalue weighted by molar-refractivity contribution is 8.00. The van der Waals surface area contributed by atoms with Crippen molar-refractivity contribution in [2.24, 2.45) is 0 Å². The molecule has 1 rings (SSSR count). The van der Waals surface area contributed by atoms with Crippen molar-refractivity contribution < 1.29 is 9.90 Å². The SMILES string of the molecule is CCCCCCCCN1CCS[C@@H]1CCCCCCC(=O)O. The lowest BCUT2D eigenvalue weighted by Gasteiger charge is -2.23. The molecule has 22 heavy (non-hydrogen) atoms. The summed E-state index contributed by atoms with van der Waals surface area (Å²) in [5.74, 6) is 0.635. The zero-order valence-electron chi connectivity index (χ0n) is 14.4. The van der Waals surface area contributed by atoms with Gasteiger partial charge in [0.2, 0.25) is 0 Å². The zero-order chi connectivity index (χ0) is 16.0. The summed E-state index contributed by atoms with van der Waals surface area (Å²) in [5, 5.41) is 9.35. The van der Waals surface area contributed by atoms with E-state index in [9.17, 15) is 4.79 Å². The van der Waals surface area contributed by atoms with Gasteiger partial charge in [0.1, 0.15) is 0 Å². The van der Waals surface area contributed by atoms with Gasteiger partial charge in [0.05, 0.1) is 5.37 Å². The van der Waals surface area contributed by atoms with Crippen LogP contribution in [0.25, 0.3) is 0 Å². The first-order valence-corrected chi connectivity index (χ1v) is 10.4. The number of rotatable bonds is 14. The number of carbonyl (C=O) groups is 1. The largest absolute Gasteiger partial charge is 0.481 e. The van der Waals surface area contributed by atoms with Gasteiger partial charge in [-0.1, -0.05) is 58.3 Å². The summed E-state index contributed by atoms with van der Waals surface area (Å²) in [6.45, 7) is 4.82. The number of hydrogen-bond donors (Lipinski definition) is 1. The van der Waals surface area contributed by atoms with Gasteiger partial charge in [0.15, 0.2) is 0 Å². The Morgan fingerprint density at radius 2 is 1.73 bits per heavy atom. The molecule has 1 fully saturated rings. The molecule has 0 saturated carbocycles. The summed E-state index contributed by atoms with van der Waals surface area (Å²) in [6.07, 6.45) is 14.3. The zero-order valence-corrected chi connectivity index (χ0v) is 15.2. The molecule has 0 bridgehead atoms. The lowest BCUT2D eigenvalue weighted by molar-refractivity contribution is -0.137. The van der Waals surface area contributed by atoms with Gasteiger partial charge in [-0.2, -0.15) is 0 Å². The summed E-state index contributed by atoms with van der Waals surface area (Å²) >= 11 is 2.12. The monoisotopic (exact) mass is 329 g/mol. The van der Waals surface area contributed by atoms with Crippen molar-refractivity contribution in [1.82, 2.24) is 4.90 Å². The predicted molar refractivity (Wildman–Crippen MR) is 96.5 cm³/mol. The molecule has 130 valence electrons. The highest BCUT2D eigenvalue weighted by atomic mass is 32.2. The standard InChI is InChI=1S/C18H35NO2S/c1-2-3-4-5-8-11-14-19-15-16-22-17(19)12-9-6-7-10-13-18(20)21/h17H,2-16H2,1H3,(H,20,21)/t17-/m1/s1. The number of carboxylic acid groups (broad SMARTS) is 1. The van der Waals surface area contributed by atoms with E-state index in [2.05, 4.69) is 23.6 Å². The maximum Gasteiger partial charge on any atom is 0.303 e. The van der Waals surface area contributed by atoms with Crippen LogP contribution < -0.4 is 0 Å². The fraction of sp³-hybridized carbons (Fsp3) is 0.944. The van der Waals surface area contributed by atoms with Gasteiger partial charge in [0, 0.05) is 18.7 Å². The van der Waals surface area contributed by atoms with Crippen LogP contribution in [0.5, 0.6) is 0 Å². The number of nitrogens with zero attached hydrogens (tertiary/aromatic N) is 1. The van der Waals surface area contributed by atoms with E-state index in [0.717, 1.165) is 18.2 Å². The molecule has 0 spiro atoms. The molecule has 1 atom stereocenters. The Kier molecular flexibility index (Phi) is 11.9. The topological polar surface area (TPSA) is 40.5 Å². The number of carboxylic acids is 1. The number of unbranched alkanes of at least 4 members (excludes halogenated alkanes) is 8. The second-order valence-electron chi connectivity index (χ2n) is 6.48. The lowest BCUT2D eigenvalue weighted by atomic mass is 10.1. The number of thioether (sulfide) groups is 1. The van der Waals surface area contributed by atoms with E-state index in [4.69, 9.17) is 5.11 Å². The molecule has 1 aliphatic rings. The Bertz CT molecular complexity index is 286. The Balaban J connectivity index is 1.99. The van der Waals surface area contributed by atoms with Crippen molar-refractivity contribution in [1.29, 1.82) is 0 Å². The van der Waals surface area contributed by atoms with Gasteiger partial charge in [-0.25, -0.2) is 0 Å². The van der Waals surface area contributed by atoms with Crippen molar-refractivity contribution >= 4 is 17.7 Å². The molecule has 1 aliphatic heterocycles. The summed E-state index contributed by atoms with van der Waals surface area (Å²) < 4.78 is 0. The van der Waals surface area contributed by atoms with Crippen LogP contribution >= 0.6 is 11.8 Å². The average Bonchev–Trinajstić information content (AvgIpc) is 2.93. The summed E-state index contributed by atoms with van der Waals surface area (Å²) in [5.41, 5.74) is 0. The number of aliphatic carboxylic acids is 1. The lowest BCUT2D eigenvalue weighted by Crippen LogP contribution is -2.29. The van der Waals surface area contributed by atoms with Crippen LogP contribution in [0.2, 0.25) is 0 Å². The molecule has 0 aromatic rings. The van der Waals surface area contributed by atoms with Gasteiger partial charge in [-0.3, -0.25) is 9.69 Å².